The molecule has 1 aromatic carbocycles. The Labute approximate surface area is 124 Å². The number of methoxy groups -OCH3 is 1. The van der Waals surface area contributed by atoms with Crippen LogP contribution in [0.1, 0.15) is 35.2 Å². The van der Waals surface area contributed by atoms with Gasteiger partial charge in [0.2, 0.25) is 0 Å². The predicted molar refractivity (Wildman–Crippen MR) is 83.2 cm³/mol. The molecule has 0 aliphatic carbocycles. The summed E-state index contributed by atoms with van der Waals surface area (Å²) < 4.78 is 5.30. The molecule has 1 unspecified atom stereocenters. The zero-order chi connectivity index (χ0) is 14.7. The summed E-state index contributed by atoms with van der Waals surface area (Å²) in [4.78, 5) is 15.0. The van der Waals surface area contributed by atoms with E-state index in [1.807, 2.05) is 25.1 Å². The smallest absolute Gasteiger partial charge is 0.258 e. The average molecular weight is 292 g/mol. The first kappa shape index (κ1) is 14.8. The van der Waals surface area contributed by atoms with Crippen LogP contribution in [-0.2, 0) is 0 Å². The number of rotatable bonds is 3. The van der Waals surface area contributed by atoms with E-state index in [1.165, 1.54) is 0 Å². The Hall–Kier alpha value is -1.62. The summed E-state index contributed by atoms with van der Waals surface area (Å²) in [6, 6.07) is 5.46. The number of likely N-dealkylation sites (tertiary alicyclic amines) is 1. The summed E-state index contributed by atoms with van der Waals surface area (Å²) in [6.07, 6.45) is 2.88. The fraction of sp³-hybridized carbons (Fsp3) is 0.467. The van der Waals surface area contributed by atoms with Crippen molar-refractivity contribution in [1.29, 1.82) is 0 Å². The molecule has 1 aromatic rings. The zero-order valence-electron chi connectivity index (χ0n) is 11.9. The maximum Gasteiger partial charge on any atom is 0.258 e. The Morgan fingerprint density at radius 2 is 2.20 bits per heavy atom. The number of benzene rings is 1. The van der Waals surface area contributed by atoms with E-state index in [-0.39, 0.29) is 11.9 Å². The van der Waals surface area contributed by atoms with Gasteiger partial charge < -0.3 is 15.4 Å². The number of nitrogens with zero attached hydrogens (tertiary/aromatic N) is 1. The Bertz CT molecular complexity index is 531. The molecule has 1 aliphatic rings. The highest BCUT2D eigenvalue weighted by Gasteiger charge is 2.30. The molecule has 1 saturated heterocycles. The van der Waals surface area contributed by atoms with E-state index >= 15 is 0 Å². The number of carbonyl (C=O) groups excluding carboxylic acids is 1. The van der Waals surface area contributed by atoms with Crippen LogP contribution in [0.15, 0.2) is 18.2 Å². The van der Waals surface area contributed by atoms with E-state index in [2.05, 4.69) is 0 Å². The number of amides is 1. The van der Waals surface area contributed by atoms with Crippen molar-refractivity contribution in [3.8, 4) is 5.75 Å². The number of ether oxygens (including phenoxy) is 1. The van der Waals surface area contributed by atoms with Gasteiger partial charge in [0.25, 0.3) is 5.91 Å². The zero-order valence-corrected chi connectivity index (χ0v) is 12.7. The standard InChI is InChI=1S/C15H20N2O2S/c1-10-6-7-13(19-2)11(9-10)15(18)17-8-4-3-5-12(17)14(16)20/h6-7,9,12H,3-5,8H2,1-2H3,(H2,16,20). The van der Waals surface area contributed by atoms with Gasteiger partial charge in [0.05, 0.1) is 23.7 Å². The first-order chi connectivity index (χ1) is 9.54. The maximum atomic E-state index is 12.8. The minimum Gasteiger partial charge on any atom is -0.496 e. The van der Waals surface area contributed by atoms with E-state index in [9.17, 15) is 4.79 Å². The molecule has 0 aromatic heterocycles. The molecule has 2 rings (SSSR count). The molecule has 1 heterocycles. The number of carbonyl (C=O) groups is 1. The van der Waals surface area contributed by atoms with Gasteiger partial charge in [0.1, 0.15) is 5.75 Å². The van der Waals surface area contributed by atoms with E-state index < -0.39 is 0 Å². The SMILES string of the molecule is COc1ccc(C)cc1C(=O)N1CCCCC1C(N)=S. The predicted octanol–water partition coefficient (Wildman–Crippen LogP) is 2.28. The second-order valence-electron chi connectivity index (χ2n) is 5.12. The number of hydrogen-bond donors (Lipinski definition) is 1. The summed E-state index contributed by atoms with van der Waals surface area (Å²) in [5, 5.41) is 0. The van der Waals surface area contributed by atoms with Crippen LogP contribution in [0.2, 0.25) is 0 Å². The van der Waals surface area contributed by atoms with Crippen LogP contribution in [0, 0.1) is 6.92 Å². The Kier molecular flexibility index (Phi) is 4.60. The van der Waals surface area contributed by atoms with Crippen LogP contribution < -0.4 is 10.5 Å². The van der Waals surface area contributed by atoms with Crippen LogP contribution in [0.5, 0.6) is 5.75 Å². The van der Waals surface area contributed by atoms with Gasteiger partial charge in [0, 0.05) is 6.54 Å². The van der Waals surface area contributed by atoms with Crippen LogP contribution in [-0.4, -0.2) is 35.5 Å². The third-order valence-corrected chi connectivity index (χ3v) is 3.95. The van der Waals surface area contributed by atoms with Crippen molar-refractivity contribution in [1.82, 2.24) is 4.90 Å². The van der Waals surface area contributed by atoms with Crippen molar-refractivity contribution < 1.29 is 9.53 Å². The van der Waals surface area contributed by atoms with Crippen molar-refractivity contribution in [3.05, 3.63) is 29.3 Å². The van der Waals surface area contributed by atoms with Crippen LogP contribution in [0.4, 0.5) is 0 Å². The number of thiocarbonyl (C=S) groups is 1. The molecular formula is C15H20N2O2S. The summed E-state index contributed by atoms with van der Waals surface area (Å²) in [7, 11) is 1.57. The fourth-order valence-corrected chi connectivity index (χ4v) is 2.86. The van der Waals surface area contributed by atoms with Gasteiger partial charge in [-0.05, 0) is 38.3 Å². The first-order valence-corrected chi connectivity index (χ1v) is 7.20. The van der Waals surface area contributed by atoms with Gasteiger partial charge in [-0.1, -0.05) is 23.8 Å². The highest BCUT2D eigenvalue weighted by molar-refractivity contribution is 7.80. The Balaban J connectivity index is 2.34. The lowest BCUT2D eigenvalue weighted by Gasteiger charge is -2.35. The molecule has 0 saturated carbocycles. The Morgan fingerprint density at radius 1 is 1.45 bits per heavy atom. The van der Waals surface area contributed by atoms with E-state index in [1.54, 1.807) is 12.0 Å². The summed E-state index contributed by atoms with van der Waals surface area (Å²) in [5.74, 6) is 0.538. The molecule has 20 heavy (non-hydrogen) atoms. The number of hydrogen-bond acceptors (Lipinski definition) is 3. The highest BCUT2D eigenvalue weighted by atomic mass is 32.1. The molecule has 1 fully saturated rings. The largest absolute Gasteiger partial charge is 0.496 e. The molecule has 0 spiro atoms. The summed E-state index contributed by atoms with van der Waals surface area (Å²) >= 11 is 5.10. The molecule has 1 atom stereocenters. The second kappa shape index (κ2) is 6.22. The molecule has 108 valence electrons. The normalized spacial score (nSPS) is 18.7. The van der Waals surface area contributed by atoms with Crippen LogP contribution >= 0.6 is 12.2 Å². The van der Waals surface area contributed by atoms with Crippen molar-refractivity contribution in [3.63, 3.8) is 0 Å². The quantitative estimate of drug-likeness (QED) is 0.868. The van der Waals surface area contributed by atoms with Gasteiger partial charge in [-0.25, -0.2) is 0 Å². The topological polar surface area (TPSA) is 55.6 Å². The second-order valence-corrected chi connectivity index (χ2v) is 5.59. The molecule has 5 heteroatoms. The number of piperidine rings is 1. The fourth-order valence-electron chi connectivity index (χ4n) is 2.61. The van der Waals surface area contributed by atoms with Gasteiger partial charge in [-0.3, -0.25) is 4.79 Å². The average Bonchev–Trinajstić information content (AvgIpc) is 2.46. The van der Waals surface area contributed by atoms with E-state index in [4.69, 9.17) is 22.7 Å². The molecule has 0 bridgehead atoms. The summed E-state index contributed by atoms with van der Waals surface area (Å²) in [6.45, 7) is 2.65. The molecule has 2 N–H and O–H groups in total. The minimum absolute atomic E-state index is 0.0527. The van der Waals surface area contributed by atoms with Gasteiger partial charge in [-0.2, -0.15) is 0 Å². The van der Waals surface area contributed by atoms with Crippen molar-refractivity contribution in [2.45, 2.75) is 32.2 Å². The van der Waals surface area contributed by atoms with Gasteiger partial charge in [0.15, 0.2) is 0 Å². The molecule has 1 aliphatic heterocycles. The molecular weight excluding hydrogens is 272 g/mol. The third kappa shape index (κ3) is 2.93. The maximum absolute atomic E-state index is 12.8. The monoisotopic (exact) mass is 292 g/mol. The van der Waals surface area contributed by atoms with Gasteiger partial charge >= 0.3 is 0 Å². The van der Waals surface area contributed by atoms with Gasteiger partial charge in [-0.15, -0.1) is 0 Å². The van der Waals surface area contributed by atoms with Crippen LogP contribution in [0.3, 0.4) is 0 Å². The molecule has 0 radical (unpaired) electrons. The van der Waals surface area contributed by atoms with Crippen molar-refractivity contribution >= 4 is 23.1 Å². The first-order valence-electron chi connectivity index (χ1n) is 6.79. The van der Waals surface area contributed by atoms with Crippen LogP contribution in [0.25, 0.3) is 0 Å². The van der Waals surface area contributed by atoms with E-state index in [0.29, 0.717) is 22.8 Å². The number of aryl methyl sites for hydroxylation is 1. The molecule has 1 amide bonds. The third-order valence-electron chi connectivity index (χ3n) is 3.68. The number of nitrogens with two attached hydrogens (primary N) is 1. The van der Waals surface area contributed by atoms with Crippen molar-refractivity contribution in [2.24, 2.45) is 5.73 Å². The summed E-state index contributed by atoms with van der Waals surface area (Å²) in [5.41, 5.74) is 7.39. The lowest BCUT2D eigenvalue weighted by molar-refractivity contribution is 0.0678. The van der Waals surface area contributed by atoms with Crippen molar-refractivity contribution in [2.75, 3.05) is 13.7 Å². The Morgan fingerprint density at radius 3 is 2.85 bits per heavy atom. The lowest BCUT2D eigenvalue weighted by atomic mass is 10.00. The highest BCUT2D eigenvalue weighted by Crippen LogP contribution is 2.25. The lowest BCUT2D eigenvalue weighted by Crippen LogP contribution is -2.49. The molecule has 4 nitrogen and oxygen atoms in total. The van der Waals surface area contributed by atoms with E-state index in [0.717, 1.165) is 24.8 Å². The minimum atomic E-state index is -0.142.